The average molecular weight is 409 g/mol. The van der Waals surface area contributed by atoms with E-state index in [4.69, 9.17) is 5.73 Å². The minimum absolute atomic E-state index is 0. The lowest BCUT2D eigenvalue weighted by Gasteiger charge is -2.35. The Kier molecular flexibility index (Phi) is 9.52. The fourth-order valence-electron chi connectivity index (χ4n) is 4.51. The molecule has 6 heteroatoms. The third kappa shape index (κ3) is 5.72. The summed E-state index contributed by atoms with van der Waals surface area (Å²) in [6, 6.07) is 13.7. The first kappa shape index (κ1) is 23.0. The smallest absolute Gasteiger partial charge is 0.0180 e. The Balaban J connectivity index is 0.00000104. The molecule has 3 fully saturated rings. The molecular formula is C19H32Cl3N3. The van der Waals surface area contributed by atoms with Crippen LogP contribution in [0.4, 0.5) is 0 Å². The van der Waals surface area contributed by atoms with E-state index in [0.29, 0.717) is 6.04 Å². The van der Waals surface area contributed by atoms with Crippen LogP contribution in [0.2, 0.25) is 0 Å². The molecule has 0 spiro atoms. The Morgan fingerprint density at radius 3 is 2.20 bits per heavy atom. The van der Waals surface area contributed by atoms with Gasteiger partial charge in [0.2, 0.25) is 0 Å². The molecule has 2 saturated carbocycles. The maximum Gasteiger partial charge on any atom is 0.0180 e. The molecule has 3 unspecified atom stereocenters. The summed E-state index contributed by atoms with van der Waals surface area (Å²) in [7, 11) is 0. The summed E-state index contributed by atoms with van der Waals surface area (Å²) in [6.45, 7) is 2.35. The number of nitrogens with two attached hydrogens (primary N) is 1. The van der Waals surface area contributed by atoms with Crippen LogP contribution >= 0.6 is 37.2 Å². The molecule has 3 nitrogen and oxygen atoms in total. The molecule has 0 radical (unpaired) electrons. The highest BCUT2D eigenvalue weighted by Crippen LogP contribution is 2.41. The SMILES string of the molecule is Cl.Cl.Cl.NC1CCN(C2CCC(NC3CC3c3ccccc3)CC2)C1. The zero-order chi connectivity index (χ0) is 14.9. The highest BCUT2D eigenvalue weighted by molar-refractivity contribution is 5.86. The summed E-state index contributed by atoms with van der Waals surface area (Å²) >= 11 is 0. The summed E-state index contributed by atoms with van der Waals surface area (Å²) < 4.78 is 0. The van der Waals surface area contributed by atoms with E-state index >= 15 is 0 Å². The molecule has 0 bridgehead atoms. The van der Waals surface area contributed by atoms with Gasteiger partial charge in [-0.1, -0.05) is 30.3 Å². The number of rotatable bonds is 4. The molecule has 1 heterocycles. The van der Waals surface area contributed by atoms with Crippen LogP contribution in [0.5, 0.6) is 0 Å². The topological polar surface area (TPSA) is 41.3 Å². The van der Waals surface area contributed by atoms with Crippen LogP contribution in [0.3, 0.4) is 0 Å². The maximum absolute atomic E-state index is 6.05. The number of nitrogens with one attached hydrogen (secondary N) is 1. The Bertz CT molecular complexity index is 494. The molecule has 0 aromatic heterocycles. The van der Waals surface area contributed by atoms with Crippen LogP contribution in [0.25, 0.3) is 0 Å². The van der Waals surface area contributed by atoms with Crippen LogP contribution in [0, 0.1) is 0 Å². The number of hydrogen-bond donors (Lipinski definition) is 2. The van der Waals surface area contributed by atoms with Gasteiger partial charge >= 0.3 is 0 Å². The Morgan fingerprint density at radius 2 is 1.60 bits per heavy atom. The highest BCUT2D eigenvalue weighted by Gasteiger charge is 2.40. The zero-order valence-corrected chi connectivity index (χ0v) is 17.1. The third-order valence-electron chi connectivity index (χ3n) is 5.94. The Morgan fingerprint density at radius 1 is 0.920 bits per heavy atom. The largest absolute Gasteiger partial charge is 0.326 e. The first-order chi connectivity index (χ1) is 10.8. The van der Waals surface area contributed by atoms with Gasteiger partial charge in [0.1, 0.15) is 0 Å². The summed E-state index contributed by atoms with van der Waals surface area (Å²) in [4.78, 5) is 2.64. The molecule has 3 aliphatic rings. The maximum atomic E-state index is 6.05. The van der Waals surface area contributed by atoms with Crippen molar-refractivity contribution in [1.29, 1.82) is 0 Å². The van der Waals surface area contributed by atoms with Gasteiger partial charge in [-0.15, -0.1) is 37.2 Å². The van der Waals surface area contributed by atoms with E-state index in [-0.39, 0.29) is 37.2 Å². The van der Waals surface area contributed by atoms with Crippen LogP contribution < -0.4 is 11.1 Å². The van der Waals surface area contributed by atoms with E-state index in [2.05, 4.69) is 40.5 Å². The van der Waals surface area contributed by atoms with Crippen LogP contribution in [0.1, 0.15) is 50.0 Å². The van der Waals surface area contributed by atoms with Crippen molar-refractivity contribution >= 4 is 37.2 Å². The first-order valence-corrected chi connectivity index (χ1v) is 9.10. The summed E-state index contributed by atoms with van der Waals surface area (Å²) in [5, 5.41) is 3.92. The second-order valence-corrected chi connectivity index (χ2v) is 7.58. The van der Waals surface area contributed by atoms with Gasteiger partial charge in [-0.05, 0) is 44.1 Å². The van der Waals surface area contributed by atoms with Crippen LogP contribution in [-0.4, -0.2) is 42.2 Å². The van der Waals surface area contributed by atoms with Gasteiger partial charge in [-0.2, -0.15) is 0 Å². The van der Waals surface area contributed by atoms with E-state index in [1.165, 1.54) is 50.6 Å². The summed E-state index contributed by atoms with van der Waals surface area (Å²) in [6.07, 6.45) is 7.91. The molecule has 3 N–H and O–H groups in total. The minimum atomic E-state index is 0. The molecule has 0 amide bonds. The minimum Gasteiger partial charge on any atom is -0.326 e. The monoisotopic (exact) mass is 407 g/mol. The van der Waals surface area contributed by atoms with Gasteiger partial charge < -0.3 is 11.1 Å². The van der Waals surface area contributed by atoms with Crippen LogP contribution in [0.15, 0.2) is 30.3 Å². The second-order valence-electron chi connectivity index (χ2n) is 7.58. The molecule has 25 heavy (non-hydrogen) atoms. The van der Waals surface area contributed by atoms with Crippen molar-refractivity contribution < 1.29 is 0 Å². The number of halogens is 3. The molecule has 1 aromatic carbocycles. The highest BCUT2D eigenvalue weighted by atomic mass is 35.5. The third-order valence-corrected chi connectivity index (χ3v) is 5.94. The number of hydrogen-bond acceptors (Lipinski definition) is 3. The predicted molar refractivity (Wildman–Crippen MR) is 113 cm³/mol. The van der Waals surface area contributed by atoms with Crippen molar-refractivity contribution in [2.45, 2.75) is 68.6 Å². The quantitative estimate of drug-likeness (QED) is 0.797. The lowest BCUT2D eigenvalue weighted by Crippen LogP contribution is -2.43. The van der Waals surface area contributed by atoms with Crippen molar-refractivity contribution in [2.75, 3.05) is 13.1 Å². The van der Waals surface area contributed by atoms with E-state index in [9.17, 15) is 0 Å². The predicted octanol–water partition coefficient (Wildman–Crippen LogP) is 3.74. The fourth-order valence-corrected chi connectivity index (χ4v) is 4.51. The molecule has 144 valence electrons. The molecule has 4 rings (SSSR count). The first-order valence-electron chi connectivity index (χ1n) is 9.10. The van der Waals surface area contributed by atoms with E-state index in [1.807, 2.05) is 0 Å². The number of nitrogens with zero attached hydrogens (tertiary/aromatic N) is 1. The normalized spacial score (nSPS) is 34.4. The molecule has 1 aromatic rings. The number of benzene rings is 1. The van der Waals surface area contributed by atoms with Crippen LogP contribution in [-0.2, 0) is 0 Å². The lowest BCUT2D eigenvalue weighted by atomic mass is 9.90. The van der Waals surface area contributed by atoms with Crippen molar-refractivity contribution in [2.24, 2.45) is 5.73 Å². The van der Waals surface area contributed by atoms with Crippen molar-refractivity contribution in [3.8, 4) is 0 Å². The van der Waals surface area contributed by atoms with Gasteiger partial charge in [0, 0.05) is 43.2 Å². The second kappa shape index (κ2) is 10.3. The van der Waals surface area contributed by atoms with Gasteiger partial charge in [-0.25, -0.2) is 0 Å². The summed E-state index contributed by atoms with van der Waals surface area (Å²) in [5.41, 5.74) is 7.56. The van der Waals surface area contributed by atoms with E-state index in [1.54, 1.807) is 0 Å². The Hall–Kier alpha value is -0.0300. The standard InChI is InChI=1S/C19H29N3.3ClH/c20-15-10-11-22(13-15)17-8-6-16(7-9-17)21-19-12-18(19)14-4-2-1-3-5-14;;;/h1-5,15-19,21H,6-13,20H2;3*1H. The average Bonchev–Trinajstić information content (AvgIpc) is 3.19. The summed E-state index contributed by atoms with van der Waals surface area (Å²) in [5.74, 6) is 0.760. The Labute approximate surface area is 170 Å². The van der Waals surface area contributed by atoms with Crippen molar-refractivity contribution in [3.63, 3.8) is 0 Å². The fraction of sp³-hybridized carbons (Fsp3) is 0.684. The van der Waals surface area contributed by atoms with Crippen molar-refractivity contribution in [1.82, 2.24) is 10.2 Å². The van der Waals surface area contributed by atoms with Crippen molar-refractivity contribution in [3.05, 3.63) is 35.9 Å². The van der Waals surface area contributed by atoms with E-state index < -0.39 is 0 Å². The van der Waals surface area contributed by atoms with Gasteiger partial charge in [0.25, 0.3) is 0 Å². The molecule has 1 saturated heterocycles. The van der Waals surface area contributed by atoms with E-state index in [0.717, 1.165) is 30.6 Å². The molecule has 1 aliphatic heterocycles. The molecule has 2 aliphatic carbocycles. The van der Waals surface area contributed by atoms with Gasteiger partial charge in [0.05, 0.1) is 0 Å². The number of likely N-dealkylation sites (tertiary alicyclic amines) is 1. The molecular weight excluding hydrogens is 377 g/mol. The zero-order valence-electron chi connectivity index (χ0n) is 14.7. The molecule has 3 atom stereocenters. The van der Waals surface area contributed by atoms with Gasteiger partial charge in [0.15, 0.2) is 0 Å². The van der Waals surface area contributed by atoms with Gasteiger partial charge in [-0.3, -0.25) is 4.90 Å². The lowest BCUT2D eigenvalue weighted by molar-refractivity contribution is 0.171.